The van der Waals surface area contributed by atoms with Crippen LogP contribution in [-0.2, 0) is 21.1 Å². The quantitative estimate of drug-likeness (QED) is 0.243. The van der Waals surface area contributed by atoms with Crippen LogP contribution < -0.4 is 21.0 Å². The molecule has 0 aliphatic carbocycles. The molecular weight excluding hydrogens is 574 g/mol. The van der Waals surface area contributed by atoms with E-state index >= 15 is 0 Å². The molecule has 1 aromatic heterocycles. The molecule has 1 aliphatic rings. The fraction of sp³-hybridized carbons (Fsp3) is 0.382. The summed E-state index contributed by atoms with van der Waals surface area (Å²) in [4.78, 5) is 38.6. The first kappa shape index (κ1) is 31.3. The van der Waals surface area contributed by atoms with Gasteiger partial charge in [-0.15, -0.1) is 0 Å². The fourth-order valence-corrected chi connectivity index (χ4v) is 11.3. The number of nitrogens with zero attached hydrogens (tertiary/aromatic N) is 3. The molecular formula is C34H41N3O6Si. The molecule has 2 heterocycles. The molecule has 3 aromatic carbocycles. The minimum absolute atomic E-state index is 0.102. The summed E-state index contributed by atoms with van der Waals surface area (Å²) < 4.78 is 9.84. The van der Waals surface area contributed by atoms with Crippen LogP contribution in [-0.4, -0.2) is 59.3 Å². The Labute approximate surface area is 258 Å². The van der Waals surface area contributed by atoms with Crippen LogP contribution in [0, 0.1) is 5.92 Å². The van der Waals surface area contributed by atoms with Crippen LogP contribution >= 0.6 is 0 Å². The van der Waals surface area contributed by atoms with Gasteiger partial charge in [-0.05, 0) is 46.5 Å². The number of carbonyl (C=O) groups is 2. The van der Waals surface area contributed by atoms with Crippen LogP contribution in [0.1, 0.15) is 46.1 Å². The van der Waals surface area contributed by atoms with Crippen LogP contribution in [0.3, 0.4) is 0 Å². The van der Waals surface area contributed by atoms with Crippen molar-refractivity contribution in [1.29, 1.82) is 0 Å². The summed E-state index contributed by atoms with van der Waals surface area (Å²) in [6.45, 7) is 9.11. The van der Waals surface area contributed by atoms with Crippen molar-refractivity contribution in [3.05, 3.63) is 89.3 Å². The molecule has 1 saturated heterocycles. The third kappa shape index (κ3) is 5.83. The van der Waals surface area contributed by atoms with Crippen LogP contribution in [0.5, 0.6) is 0 Å². The van der Waals surface area contributed by atoms with Gasteiger partial charge in [0.05, 0.1) is 11.0 Å². The van der Waals surface area contributed by atoms with E-state index in [1.54, 1.807) is 13.1 Å². The van der Waals surface area contributed by atoms with E-state index in [-0.39, 0.29) is 17.9 Å². The van der Waals surface area contributed by atoms with Crippen molar-refractivity contribution >= 4 is 47.4 Å². The zero-order valence-electron chi connectivity index (χ0n) is 25.8. The molecule has 4 aromatic rings. The molecule has 10 heteroatoms. The second-order valence-electron chi connectivity index (χ2n) is 12.7. The maximum atomic E-state index is 13.1. The molecule has 2 unspecified atom stereocenters. The number of carboxylic acids is 2. The second kappa shape index (κ2) is 12.5. The van der Waals surface area contributed by atoms with Crippen molar-refractivity contribution in [1.82, 2.24) is 9.13 Å². The lowest BCUT2D eigenvalue weighted by atomic mass is 10.1. The second-order valence-corrected chi connectivity index (χ2v) is 17.1. The van der Waals surface area contributed by atoms with Gasteiger partial charge >= 0.3 is 17.6 Å². The monoisotopic (exact) mass is 615 g/mol. The molecule has 5 rings (SSSR count). The summed E-state index contributed by atoms with van der Waals surface area (Å²) >= 11 is 0. The SMILES string of the molecule is Cn1c(=O)n(C(CCC(=O)O)C(=O)O)c2ccc(N3CCC(CO[Si](c4ccccc4)(c4ccccc4)C(C)(C)C)C3)cc21. The van der Waals surface area contributed by atoms with E-state index in [4.69, 9.17) is 9.53 Å². The van der Waals surface area contributed by atoms with E-state index < -0.39 is 32.0 Å². The van der Waals surface area contributed by atoms with E-state index in [1.807, 2.05) is 24.3 Å². The Bertz CT molecular complexity index is 1650. The van der Waals surface area contributed by atoms with Crippen molar-refractivity contribution in [3.63, 3.8) is 0 Å². The lowest BCUT2D eigenvalue weighted by Crippen LogP contribution is -2.67. The van der Waals surface area contributed by atoms with Crippen LogP contribution in [0.4, 0.5) is 5.69 Å². The van der Waals surface area contributed by atoms with Gasteiger partial charge in [-0.2, -0.15) is 0 Å². The largest absolute Gasteiger partial charge is 0.481 e. The van der Waals surface area contributed by atoms with Crippen LogP contribution in [0.2, 0.25) is 5.04 Å². The summed E-state index contributed by atoms with van der Waals surface area (Å²) in [6, 6.07) is 25.6. The van der Waals surface area contributed by atoms with Gasteiger partial charge in [0.25, 0.3) is 8.32 Å². The number of fused-ring (bicyclic) bond motifs is 1. The average molecular weight is 616 g/mol. The Kier molecular flexibility index (Phi) is 8.85. The average Bonchev–Trinajstić information content (AvgIpc) is 3.56. The van der Waals surface area contributed by atoms with Gasteiger partial charge in [-0.1, -0.05) is 81.4 Å². The first-order valence-electron chi connectivity index (χ1n) is 15.1. The topological polar surface area (TPSA) is 114 Å². The maximum absolute atomic E-state index is 13.1. The zero-order valence-corrected chi connectivity index (χ0v) is 26.8. The molecule has 2 N–H and O–H groups in total. The van der Waals surface area contributed by atoms with Gasteiger partial charge in [-0.25, -0.2) is 9.59 Å². The molecule has 0 radical (unpaired) electrons. The molecule has 232 valence electrons. The molecule has 0 bridgehead atoms. The highest BCUT2D eigenvalue weighted by Crippen LogP contribution is 2.38. The van der Waals surface area contributed by atoms with E-state index in [1.165, 1.54) is 19.5 Å². The minimum atomic E-state index is -2.64. The van der Waals surface area contributed by atoms with E-state index in [2.05, 4.69) is 74.2 Å². The van der Waals surface area contributed by atoms with Crippen molar-refractivity contribution in [2.75, 3.05) is 24.6 Å². The molecule has 0 spiro atoms. The number of aromatic nitrogens is 2. The summed E-state index contributed by atoms with van der Waals surface area (Å²) in [5.74, 6) is -2.02. The Morgan fingerprint density at radius 1 is 0.955 bits per heavy atom. The Hall–Kier alpha value is -4.15. The standard InChI is InChI=1S/C34H41N3O6Si/c1-34(2,3)44(26-11-7-5-8-12-26,27-13-9-6-10-14-27)43-23-24-19-20-36(22-24)25-15-16-28-30(21-25)35(4)33(42)37(28)29(32(40)41)17-18-31(38)39/h5-16,21,24,29H,17-20,22-23H2,1-4H3,(H,38,39)(H,40,41). The maximum Gasteiger partial charge on any atom is 0.329 e. The Morgan fingerprint density at radius 2 is 1.57 bits per heavy atom. The molecule has 1 fully saturated rings. The smallest absolute Gasteiger partial charge is 0.329 e. The Morgan fingerprint density at radius 3 is 2.11 bits per heavy atom. The number of hydrogen-bond donors (Lipinski definition) is 2. The number of benzene rings is 3. The van der Waals surface area contributed by atoms with Crippen LogP contribution in [0.25, 0.3) is 11.0 Å². The van der Waals surface area contributed by atoms with E-state index in [9.17, 15) is 19.5 Å². The number of imidazole rings is 1. The summed E-state index contributed by atoms with van der Waals surface area (Å²) in [6.07, 6.45) is 0.444. The van der Waals surface area contributed by atoms with Gasteiger partial charge < -0.3 is 19.5 Å². The number of rotatable bonds is 11. The highest BCUT2D eigenvalue weighted by atomic mass is 28.4. The van der Waals surface area contributed by atoms with Crippen molar-refractivity contribution in [2.24, 2.45) is 13.0 Å². The summed E-state index contributed by atoms with van der Waals surface area (Å²) in [5, 5.41) is 21.3. The third-order valence-electron chi connectivity index (χ3n) is 8.90. The molecule has 1 aliphatic heterocycles. The normalized spacial score (nSPS) is 16.4. The molecule has 0 saturated carbocycles. The first-order valence-corrected chi connectivity index (χ1v) is 17.0. The van der Waals surface area contributed by atoms with E-state index in [0.29, 0.717) is 23.6 Å². The fourth-order valence-electron chi connectivity index (χ4n) is 6.68. The first-order chi connectivity index (χ1) is 20.9. The number of anilines is 1. The predicted octanol–water partition coefficient (Wildman–Crippen LogP) is 4.23. The number of aryl methyl sites for hydroxylation is 1. The van der Waals surface area contributed by atoms with Crippen molar-refractivity contribution < 1.29 is 24.2 Å². The van der Waals surface area contributed by atoms with Crippen LogP contribution in [0.15, 0.2) is 83.7 Å². The third-order valence-corrected chi connectivity index (χ3v) is 13.9. The highest BCUT2D eigenvalue weighted by Gasteiger charge is 2.50. The van der Waals surface area contributed by atoms with Gasteiger partial charge in [0, 0.05) is 44.8 Å². The summed E-state index contributed by atoms with van der Waals surface area (Å²) in [7, 11) is -1.03. The zero-order chi connectivity index (χ0) is 31.6. The number of carboxylic acid groups (broad SMARTS) is 2. The van der Waals surface area contributed by atoms with Gasteiger partial charge in [-0.3, -0.25) is 13.9 Å². The van der Waals surface area contributed by atoms with Gasteiger partial charge in [0.1, 0.15) is 6.04 Å². The highest BCUT2D eigenvalue weighted by molar-refractivity contribution is 6.99. The van der Waals surface area contributed by atoms with Gasteiger partial charge in [0.2, 0.25) is 0 Å². The lowest BCUT2D eigenvalue weighted by Gasteiger charge is -2.43. The van der Waals surface area contributed by atoms with E-state index in [0.717, 1.165) is 25.2 Å². The van der Waals surface area contributed by atoms with Crippen molar-refractivity contribution in [3.8, 4) is 0 Å². The van der Waals surface area contributed by atoms with Crippen molar-refractivity contribution in [2.45, 2.75) is 51.1 Å². The molecule has 0 amide bonds. The predicted molar refractivity (Wildman–Crippen MR) is 175 cm³/mol. The minimum Gasteiger partial charge on any atom is -0.481 e. The Balaban J connectivity index is 1.39. The number of aliphatic carboxylic acids is 2. The number of hydrogen-bond acceptors (Lipinski definition) is 5. The van der Waals surface area contributed by atoms with Gasteiger partial charge in [0.15, 0.2) is 0 Å². The molecule has 9 nitrogen and oxygen atoms in total. The molecule has 44 heavy (non-hydrogen) atoms. The summed E-state index contributed by atoms with van der Waals surface area (Å²) in [5.41, 5.74) is 1.56. The lowest BCUT2D eigenvalue weighted by molar-refractivity contribution is -0.142. The molecule has 2 atom stereocenters.